The maximum Gasteiger partial charge on any atom is 0.349 e. The summed E-state index contributed by atoms with van der Waals surface area (Å²) in [6.07, 6.45) is 0. The molecule has 29 heavy (non-hydrogen) atoms. The summed E-state index contributed by atoms with van der Waals surface area (Å²) < 4.78 is 10.5. The lowest BCUT2D eigenvalue weighted by molar-refractivity contribution is -0.136. The molecule has 0 bridgehead atoms. The van der Waals surface area contributed by atoms with Gasteiger partial charge in [-0.15, -0.1) is 0 Å². The molecule has 0 fully saturated rings. The van der Waals surface area contributed by atoms with Crippen LogP contribution in [-0.2, 0) is 4.79 Å². The van der Waals surface area contributed by atoms with E-state index in [4.69, 9.17) is 44.3 Å². The van der Waals surface area contributed by atoms with Crippen molar-refractivity contribution in [1.82, 2.24) is 0 Å². The Balaban J connectivity index is 1.55. The smallest absolute Gasteiger partial charge is 0.349 e. The van der Waals surface area contributed by atoms with E-state index >= 15 is 0 Å². The second kappa shape index (κ2) is 9.65. The van der Waals surface area contributed by atoms with Crippen LogP contribution in [0.5, 0.6) is 11.5 Å². The van der Waals surface area contributed by atoms with Crippen molar-refractivity contribution in [3.8, 4) is 11.5 Å². The van der Waals surface area contributed by atoms with Crippen molar-refractivity contribution in [3.05, 3.63) is 87.4 Å². The molecule has 8 heteroatoms. The van der Waals surface area contributed by atoms with Crippen molar-refractivity contribution in [1.29, 1.82) is 0 Å². The molecule has 1 amide bonds. The van der Waals surface area contributed by atoms with Gasteiger partial charge in [0.1, 0.15) is 11.5 Å². The first-order valence-corrected chi connectivity index (χ1v) is 9.49. The van der Waals surface area contributed by atoms with Gasteiger partial charge in [-0.2, -0.15) is 0 Å². The molecule has 0 saturated heterocycles. The fourth-order valence-electron chi connectivity index (χ4n) is 2.30. The summed E-state index contributed by atoms with van der Waals surface area (Å²) in [4.78, 5) is 24.2. The second-order valence-corrected chi connectivity index (χ2v) is 7.10. The number of anilines is 1. The molecule has 3 rings (SSSR count). The molecule has 5 nitrogen and oxygen atoms in total. The third kappa shape index (κ3) is 6.12. The van der Waals surface area contributed by atoms with Crippen LogP contribution in [-0.4, -0.2) is 18.5 Å². The Labute approximate surface area is 182 Å². The minimum Gasteiger partial charge on any atom is -0.482 e. The van der Waals surface area contributed by atoms with Gasteiger partial charge in [0.2, 0.25) is 0 Å². The molecule has 0 heterocycles. The predicted molar refractivity (Wildman–Crippen MR) is 113 cm³/mol. The fraction of sp³-hybridized carbons (Fsp3) is 0.0476. The maximum atomic E-state index is 12.3. The van der Waals surface area contributed by atoms with Crippen LogP contribution in [0.2, 0.25) is 15.1 Å². The van der Waals surface area contributed by atoms with Gasteiger partial charge in [-0.1, -0.05) is 34.8 Å². The Morgan fingerprint density at radius 2 is 1.41 bits per heavy atom. The minimum absolute atomic E-state index is 0.267. The van der Waals surface area contributed by atoms with Crippen molar-refractivity contribution in [2.24, 2.45) is 0 Å². The maximum absolute atomic E-state index is 12.3. The molecule has 0 aromatic heterocycles. The molecule has 0 radical (unpaired) electrons. The second-order valence-electron chi connectivity index (χ2n) is 5.82. The van der Waals surface area contributed by atoms with Gasteiger partial charge in [0.05, 0.1) is 10.7 Å². The summed E-state index contributed by atoms with van der Waals surface area (Å²) in [5.41, 5.74) is 0.761. The zero-order valence-electron chi connectivity index (χ0n) is 14.8. The van der Waals surface area contributed by atoms with Crippen LogP contribution in [0.4, 0.5) is 5.69 Å². The van der Waals surface area contributed by atoms with Gasteiger partial charge in [-0.05, 0) is 66.7 Å². The molecule has 0 aliphatic carbocycles. The van der Waals surface area contributed by atoms with Crippen LogP contribution >= 0.6 is 34.8 Å². The molecule has 0 atom stereocenters. The highest BCUT2D eigenvalue weighted by molar-refractivity contribution is 6.35. The molecule has 0 spiro atoms. The predicted octanol–water partition coefficient (Wildman–Crippen LogP) is 5.88. The lowest BCUT2D eigenvalue weighted by atomic mass is 10.2. The van der Waals surface area contributed by atoms with E-state index < -0.39 is 5.97 Å². The molecule has 0 aliphatic rings. The number of ether oxygens (including phenoxy) is 2. The number of hydrogen-bond donors (Lipinski definition) is 1. The monoisotopic (exact) mass is 449 g/mol. The Morgan fingerprint density at radius 3 is 2.10 bits per heavy atom. The van der Waals surface area contributed by atoms with Crippen LogP contribution < -0.4 is 14.8 Å². The largest absolute Gasteiger partial charge is 0.482 e. The number of amides is 1. The molecule has 0 saturated carbocycles. The topological polar surface area (TPSA) is 64.6 Å². The van der Waals surface area contributed by atoms with Crippen molar-refractivity contribution in [2.75, 3.05) is 11.9 Å². The van der Waals surface area contributed by atoms with Crippen molar-refractivity contribution in [2.45, 2.75) is 0 Å². The molecule has 0 aliphatic heterocycles. The van der Waals surface area contributed by atoms with Gasteiger partial charge in [0.15, 0.2) is 6.61 Å². The summed E-state index contributed by atoms with van der Waals surface area (Å²) in [6, 6.07) is 17.4. The van der Waals surface area contributed by atoms with Crippen molar-refractivity contribution < 1.29 is 19.1 Å². The summed E-state index contributed by atoms with van der Waals surface area (Å²) >= 11 is 17.7. The third-order valence-corrected chi connectivity index (χ3v) is 4.51. The van der Waals surface area contributed by atoms with E-state index in [1.807, 2.05) is 0 Å². The Morgan fingerprint density at radius 1 is 0.793 bits per heavy atom. The van der Waals surface area contributed by atoms with Crippen LogP contribution in [0.25, 0.3) is 0 Å². The summed E-state index contributed by atoms with van der Waals surface area (Å²) in [6.45, 7) is -0.267. The van der Waals surface area contributed by atoms with E-state index in [-0.39, 0.29) is 18.3 Å². The Hall–Kier alpha value is -2.73. The molecule has 3 aromatic carbocycles. The van der Waals surface area contributed by atoms with E-state index in [1.54, 1.807) is 42.5 Å². The number of nitrogens with one attached hydrogen (secondary N) is 1. The zero-order valence-corrected chi connectivity index (χ0v) is 17.1. The average molecular weight is 451 g/mol. The molecular weight excluding hydrogens is 437 g/mol. The molecule has 3 aromatic rings. The average Bonchev–Trinajstić information content (AvgIpc) is 2.71. The number of carbonyl (C=O) groups is 2. The first kappa shape index (κ1) is 21.0. The third-order valence-electron chi connectivity index (χ3n) is 3.70. The van der Waals surface area contributed by atoms with E-state index in [2.05, 4.69) is 5.32 Å². The standard InChI is InChI=1S/C21H14Cl3NO4/c22-14-3-8-16(9-4-14)28-12-20(26)29-17-6-1-13(2-7-17)21(27)25-19-11-15(23)5-10-18(19)24/h1-11H,12H2,(H,25,27). The van der Waals surface area contributed by atoms with E-state index in [9.17, 15) is 9.59 Å². The van der Waals surface area contributed by atoms with Gasteiger partial charge in [0, 0.05) is 15.6 Å². The van der Waals surface area contributed by atoms with Gasteiger partial charge >= 0.3 is 5.97 Å². The summed E-state index contributed by atoms with van der Waals surface area (Å²) in [7, 11) is 0. The molecule has 0 unspecified atom stereocenters. The lowest BCUT2D eigenvalue weighted by Crippen LogP contribution is -2.18. The molecule has 1 N–H and O–H groups in total. The number of benzene rings is 3. The van der Waals surface area contributed by atoms with Gasteiger partial charge in [-0.3, -0.25) is 4.79 Å². The summed E-state index contributed by atoms with van der Waals surface area (Å²) in [5, 5.41) is 4.07. The highest BCUT2D eigenvalue weighted by Gasteiger charge is 2.11. The zero-order chi connectivity index (χ0) is 20.8. The van der Waals surface area contributed by atoms with Crippen LogP contribution in [0.3, 0.4) is 0 Å². The fourth-order valence-corrected chi connectivity index (χ4v) is 2.76. The highest BCUT2D eigenvalue weighted by Crippen LogP contribution is 2.26. The first-order chi connectivity index (χ1) is 13.9. The number of halogens is 3. The number of hydrogen-bond acceptors (Lipinski definition) is 4. The summed E-state index contributed by atoms with van der Waals surface area (Å²) in [5.74, 6) is -0.175. The highest BCUT2D eigenvalue weighted by atomic mass is 35.5. The Kier molecular flexibility index (Phi) is 6.99. The van der Waals surface area contributed by atoms with Gasteiger partial charge in [0.25, 0.3) is 5.91 Å². The number of rotatable bonds is 6. The van der Waals surface area contributed by atoms with Crippen molar-refractivity contribution in [3.63, 3.8) is 0 Å². The quantitative estimate of drug-likeness (QED) is 0.376. The lowest BCUT2D eigenvalue weighted by Gasteiger charge is -2.09. The van der Waals surface area contributed by atoms with E-state index in [0.717, 1.165) is 0 Å². The molecular formula is C21H14Cl3NO4. The van der Waals surface area contributed by atoms with Gasteiger partial charge < -0.3 is 14.8 Å². The number of esters is 1. The number of carbonyl (C=O) groups excluding carboxylic acids is 2. The van der Waals surface area contributed by atoms with E-state index in [1.165, 1.54) is 24.3 Å². The van der Waals surface area contributed by atoms with Crippen LogP contribution in [0.1, 0.15) is 10.4 Å². The Bertz CT molecular complexity index is 1020. The van der Waals surface area contributed by atoms with Crippen LogP contribution in [0.15, 0.2) is 66.7 Å². The van der Waals surface area contributed by atoms with E-state index in [0.29, 0.717) is 32.1 Å². The minimum atomic E-state index is -0.581. The normalized spacial score (nSPS) is 10.3. The SMILES string of the molecule is O=C(COc1ccc(Cl)cc1)Oc1ccc(C(=O)Nc2cc(Cl)ccc2Cl)cc1. The van der Waals surface area contributed by atoms with Crippen molar-refractivity contribution >= 4 is 52.4 Å². The molecule has 148 valence electrons. The van der Waals surface area contributed by atoms with Gasteiger partial charge in [-0.25, -0.2) is 4.79 Å². The van der Waals surface area contributed by atoms with Crippen LogP contribution in [0, 0.1) is 0 Å². The first-order valence-electron chi connectivity index (χ1n) is 8.36.